The zero-order chi connectivity index (χ0) is 31.9. The summed E-state index contributed by atoms with van der Waals surface area (Å²) < 4.78 is 0. The van der Waals surface area contributed by atoms with Gasteiger partial charge in [-0.25, -0.2) is 9.97 Å². The van der Waals surface area contributed by atoms with Crippen molar-refractivity contribution >= 4 is 22.7 Å². The SMILES string of the molecule is c1ccc(-c2nc(-c3cccc(-c4ccc5c(c4)C(c4ccccc4)(c4ccccc4)c4ccccc4S5)c3)c3ccccc3n2)cc1. The average Bonchev–Trinajstić information content (AvgIpc) is 3.17. The van der Waals surface area contributed by atoms with E-state index < -0.39 is 5.41 Å². The Bertz CT molecular complexity index is 2380. The van der Waals surface area contributed by atoms with Crippen molar-refractivity contribution in [1.29, 1.82) is 0 Å². The second-order valence-corrected chi connectivity index (χ2v) is 13.2. The lowest BCUT2D eigenvalue weighted by atomic mass is 9.64. The standard InChI is InChI=1S/C45H30N2S/c1-4-15-31(16-5-1)44-46-40-25-12-10-23-37(40)43(47-44)34-18-14-17-32(29-34)33-27-28-42-39(30-33)45(35-19-6-2-7-20-35,36-21-8-3-9-22-36)38-24-11-13-26-41(38)48-42/h1-30H. The van der Waals surface area contributed by atoms with E-state index in [4.69, 9.17) is 9.97 Å². The van der Waals surface area contributed by atoms with Gasteiger partial charge in [0.1, 0.15) is 0 Å². The summed E-state index contributed by atoms with van der Waals surface area (Å²) in [6.45, 7) is 0. The minimum absolute atomic E-state index is 0.471. The van der Waals surface area contributed by atoms with E-state index in [0.29, 0.717) is 0 Å². The summed E-state index contributed by atoms with van der Waals surface area (Å²) >= 11 is 1.86. The van der Waals surface area contributed by atoms with Gasteiger partial charge in [0.2, 0.25) is 0 Å². The summed E-state index contributed by atoms with van der Waals surface area (Å²) in [5.41, 5.74) is 10.9. The van der Waals surface area contributed by atoms with Gasteiger partial charge in [-0.05, 0) is 63.7 Å². The first-order chi connectivity index (χ1) is 23.8. The Morgan fingerprint density at radius 1 is 0.396 bits per heavy atom. The van der Waals surface area contributed by atoms with E-state index in [-0.39, 0.29) is 0 Å². The third kappa shape index (κ3) is 4.66. The van der Waals surface area contributed by atoms with Crippen LogP contribution in [0.2, 0.25) is 0 Å². The van der Waals surface area contributed by atoms with Crippen molar-refractivity contribution in [1.82, 2.24) is 9.97 Å². The van der Waals surface area contributed by atoms with E-state index in [1.54, 1.807) is 0 Å². The van der Waals surface area contributed by atoms with E-state index in [0.717, 1.165) is 39.1 Å². The molecule has 9 rings (SSSR count). The van der Waals surface area contributed by atoms with E-state index in [1.807, 2.05) is 36.0 Å². The molecule has 0 saturated carbocycles. The van der Waals surface area contributed by atoms with Crippen molar-refractivity contribution in [3.05, 3.63) is 204 Å². The van der Waals surface area contributed by atoms with E-state index in [1.165, 1.54) is 37.6 Å². The van der Waals surface area contributed by atoms with Gasteiger partial charge in [-0.15, -0.1) is 0 Å². The first-order valence-electron chi connectivity index (χ1n) is 16.2. The van der Waals surface area contributed by atoms with Gasteiger partial charge in [-0.2, -0.15) is 0 Å². The van der Waals surface area contributed by atoms with Crippen LogP contribution in [-0.2, 0) is 5.41 Å². The molecule has 3 heteroatoms. The van der Waals surface area contributed by atoms with Crippen LogP contribution in [-0.4, -0.2) is 9.97 Å². The molecule has 0 saturated heterocycles. The molecule has 226 valence electrons. The molecule has 1 aliphatic rings. The van der Waals surface area contributed by atoms with Gasteiger partial charge in [0.15, 0.2) is 5.82 Å². The minimum atomic E-state index is -0.471. The molecule has 2 nitrogen and oxygen atoms in total. The molecule has 8 aromatic rings. The molecule has 0 radical (unpaired) electrons. The van der Waals surface area contributed by atoms with Crippen molar-refractivity contribution in [2.75, 3.05) is 0 Å². The lowest BCUT2D eigenvalue weighted by molar-refractivity contribution is 0.703. The van der Waals surface area contributed by atoms with Gasteiger partial charge in [-0.1, -0.05) is 163 Å². The van der Waals surface area contributed by atoms with Crippen molar-refractivity contribution < 1.29 is 0 Å². The maximum Gasteiger partial charge on any atom is 0.160 e. The number of para-hydroxylation sites is 1. The molecule has 48 heavy (non-hydrogen) atoms. The zero-order valence-electron chi connectivity index (χ0n) is 26.1. The van der Waals surface area contributed by atoms with Crippen LogP contribution in [0.1, 0.15) is 22.3 Å². The first kappa shape index (κ1) is 28.5. The fourth-order valence-corrected chi connectivity index (χ4v) is 8.42. The fourth-order valence-electron chi connectivity index (χ4n) is 7.24. The third-order valence-electron chi connectivity index (χ3n) is 9.41. The van der Waals surface area contributed by atoms with Crippen LogP contribution in [0.4, 0.5) is 0 Å². The van der Waals surface area contributed by atoms with Gasteiger partial charge in [0, 0.05) is 26.3 Å². The van der Waals surface area contributed by atoms with Crippen molar-refractivity contribution in [2.45, 2.75) is 15.2 Å². The lowest BCUT2D eigenvalue weighted by Gasteiger charge is -2.42. The summed E-state index contributed by atoms with van der Waals surface area (Å²) in [4.78, 5) is 12.7. The average molecular weight is 631 g/mol. The Balaban J connectivity index is 1.25. The van der Waals surface area contributed by atoms with Crippen LogP contribution in [0.15, 0.2) is 192 Å². The zero-order valence-corrected chi connectivity index (χ0v) is 26.9. The van der Waals surface area contributed by atoms with Crippen molar-refractivity contribution in [3.63, 3.8) is 0 Å². The van der Waals surface area contributed by atoms with Gasteiger partial charge in [0.25, 0.3) is 0 Å². The van der Waals surface area contributed by atoms with Crippen LogP contribution >= 0.6 is 11.8 Å². The number of nitrogens with zero attached hydrogens (tertiary/aromatic N) is 2. The fraction of sp³-hybridized carbons (Fsp3) is 0.0222. The molecule has 1 aromatic heterocycles. The number of fused-ring (bicyclic) bond motifs is 3. The van der Waals surface area contributed by atoms with Crippen molar-refractivity contribution in [2.24, 2.45) is 0 Å². The monoisotopic (exact) mass is 630 g/mol. The highest BCUT2D eigenvalue weighted by Gasteiger charge is 2.44. The van der Waals surface area contributed by atoms with Crippen LogP contribution in [0.3, 0.4) is 0 Å². The van der Waals surface area contributed by atoms with Gasteiger partial charge >= 0.3 is 0 Å². The molecular formula is C45H30N2S. The first-order valence-corrected chi connectivity index (χ1v) is 17.1. The summed E-state index contributed by atoms with van der Waals surface area (Å²) in [7, 11) is 0. The molecule has 0 unspecified atom stereocenters. The van der Waals surface area contributed by atoms with Crippen LogP contribution < -0.4 is 0 Å². The van der Waals surface area contributed by atoms with Crippen LogP contribution in [0.5, 0.6) is 0 Å². The lowest BCUT2D eigenvalue weighted by Crippen LogP contribution is -2.34. The maximum atomic E-state index is 5.16. The highest BCUT2D eigenvalue weighted by Crippen LogP contribution is 2.56. The molecule has 2 heterocycles. The summed E-state index contributed by atoms with van der Waals surface area (Å²) in [6.07, 6.45) is 0. The van der Waals surface area contributed by atoms with Gasteiger partial charge in [0.05, 0.1) is 16.6 Å². The van der Waals surface area contributed by atoms with E-state index >= 15 is 0 Å². The Labute approximate surface area is 284 Å². The highest BCUT2D eigenvalue weighted by molar-refractivity contribution is 7.99. The number of rotatable bonds is 5. The molecule has 0 N–H and O–H groups in total. The molecule has 7 aromatic carbocycles. The van der Waals surface area contributed by atoms with Gasteiger partial charge in [-0.3, -0.25) is 0 Å². The Morgan fingerprint density at radius 3 is 1.75 bits per heavy atom. The quantitative estimate of drug-likeness (QED) is 0.189. The summed E-state index contributed by atoms with van der Waals surface area (Å²) in [5.74, 6) is 0.731. The summed E-state index contributed by atoms with van der Waals surface area (Å²) in [5, 5.41) is 1.04. The molecule has 0 spiro atoms. The summed E-state index contributed by atoms with van der Waals surface area (Å²) in [6, 6.07) is 65.2. The smallest absolute Gasteiger partial charge is 0.160 e. The predicted molar refractivity (Wildman–Crippen MR) is 198 cm³/mol. The Hall–Kier alpha value is -5.77. The third-order valence-corrected chi connectivity index (χ3v) is 10.6. The molecule has 0 aliphatic carbocycles. The largest absolute Gasteiger partial charge is 0.228 e. The van der Waals surface area contributed by atoms with Crippen LogP contribution in [0.25, 0.3) is 44.7 Å². The number of aromatic nitrogens is 2. The van der Waals surface area contributed by atoms with Crippen molar-refractivity contribution in [3.8, 4) is 33.8 Å². The second kappa shape index (κ2) is 11.8. The van der Waals surface area contributed by atoms with E-state index in [9.17, 15) is 0 Å². The highest BCUT2D eigenvalue weighted by atomic mass is 32.2. The Kier molecular flexibility index (Phi) is 6.99. The molecule has 0 atom stereocenters. The molecule has 0 bridgehead atoms. The predicted octanol–water partition coefficient (Wildman–Crippen LogP) is 11.5. The topological polar surface area (TPSA) is 25.8 Å². The second-order valence-electron chi connectivity index (χ2n) is 12.2. The van der Waals surface area contributed by atoms with Crippen LogP contribution in [0, 0.1) is 0 Å². The number of hydrogen-bond acceptors (Lipinski definition) is 3. The molecular weight excluding hydrogens is 601 g/mol. The maximum absolute atomic E-state index is 5.16. The molecule has 0 amide bonds. The normalized spacial score (nSPS) is 13.1. The Morgan fingerprint density at radius 2 is 0.979 bits per heavy atom. The number of hydrogen-bond donors (Lipinski definition) is 0. The molecule has 1 aliphatic heterocycles. The molecule has 0 fully saturated rings. The van der Waals surface area contributed by atoms with Gasteiger partial charge < -0.3 is 0 Å². The minimum Gasteiger partial charge on any atom is -0.228 e. The number of benzene rings is 7. The van der Waals surface area contributed by atoms with E-state index in [2.05, 4.69) is 158 Å².